The number of para-hydroxylation sites is 1. The maximum Gasteiger partial charge on any atom is 0.123 e. The van der Waals surface area contributed by atoms with Gasteiger partial charge in [-0.1, -0.05) is 17.7 Å². The summed E-state index contributed by atoms with van der Waals surface area (Å²) in [7, 11) is 0. The first kappa shape index (κ1) is 11.5. The highest BCUT2D eigenvalue weighted by Gasteiger charge is 2.31. The van der Waals surface area contributed by atoms with Crippen LogP contribution in [0.25, 0.3) is 0 Å². The van der Waals surface area contributed by atoms with E-state index in [-0.39, 0.29) is 0 Å². The molecule has 0 spiro atoms. The van der Waals surface area contributed by atoms with E-state index in [1.807, 2.05) is 30.3 Å². The van der Waals surface area contributed by atoms with Crippen LogP contribution in [-0.4, -0.2) is 6.04 Å². The summed E-state index contributed by atoms with van der Waals surface area (Å²) in [5, 5.41) is 0.702. The van der Waals surface area contributed by atoms with Crippen LogP contribution < -0.4 is 10.6 Å². The highest BCUT2D eigenvalue weighted by atomic mass is 35.5. The topological polar surface area (TPSA) is 42.4 Å². The lowest BCUT2D eigenvalue weighted by Gasteiger charge is -2.26. The quantitative estimate of drug-likeness (QED) is 0.855. The van der Waals surface area contributed by atoms with Crippen LogP contribution in [0.15, 0.2) is 41.0 Å². The van der Waals surface area contributed by atoms with Gasteiger partial charge in [-0.3, -0.25) is 0 Å². The summed E-state index contributed by atoms with van der Waals surface area (Å²) < 4.78 is 5.42. The summed E-state index contributed by atoms with van der Waals surface area (Å²) in [6.07, 6.45) is 4.06. The lowest BCUT2D eigenvalue weighted by atomic mass is 10.2. The molecule has 2 N–H and O–H groups in total. The van der Waals surface area contributed by atoms with Gasteiger partial charge in [-0.2, -0.15) is 0 Å². The second-order valence-electron chi connectivity index (χ2n) is 4.62. The van der Waals surface area contributed by atoms with Crippen LogP contribution in [-0.2, 0) is 6.54 Å². The highest BCUT2D eigenvalue weighted by Crippen LogP contribution is 2.40. The Morgan fingerprint density at radius 2 is 2.11 bits per heavy atom. The van der Waals surface area contributed by atoms with Gasteiger partial charge < -0.3 is 15.1 Å². The Balaban J connectivity index is 1.94. The molecule has 94 valence electrons. The molecule has 1 aromatic carbocycles. The molecule has 3 rings (SSSR count). The molecule has 0 atom stereocenters. The van der Waals surface area contributed by atoms with Crippen LogP contribution in [0.2, 0.25) is 5.02 Å². The van der Waals surface area contributed by atoms with Crippen molar-refractivity contribution in [3.8, 4) is 0 Å². The Bertz CT molecular complexity index is 514. The molecule has 0 unspecified atom stereocenters. The molecule has 1 aliphatic carbocycles. The van der Waals surface area contributed by atoms with Gasteiger partial charge >= 0.3 is 0 Å². The van der Waals surface area contributed by atoms with Crippen LogP contribution in [0.5, 0.6) is 0 Å². The minimum atomic E-state index is 0.525. The second-order valence-corrected chi connectivity index (χ2v) is 5.02. The van der Waals surface area contributed by atoms with Gasteiger partial charge in [0, 0.05) is 6.04 Å². The van der Waals surface area contributed by atoms with Gasteiger partial charge in [0.05, 0.1) is 29.2 Å². The average molecular weight is 263 g/mol. The van der Waals surface area contributed by atoms with E-state index in [0.717, 1.165) is 17.1 Å². The molecule has 1 heterocycles. The number of hydrogen-bond acceptors (Lipinski definition) is 3. The Labute approximate surface area is 111 Å². The van der Waals surface area contributed by atoms with Crippen molar-refractivity contribution < 1.29 is 4.42 Å². The van der Waals surface area contributed by atoms with Crippen molar-refractivity contribution in [3.05, 3.63) is 47.4 Å². The molecule has 3 nitrogen and oxygen atoms in total. The monoisotopic (exact) mass is 262 g/mol. The molecule has 1 aliphatic rings. The Kier molecular flexibility index (Phi) is 2.92. The lowest BCUT2D eigenvalue weighted by Crippen LogP contribution is -2.26. The van der Waals surface area contributed by atoms with Crippen molar-refractivity contribution >= 4 is 23.0 Å². The second kappa shape index (κ2) is 4.58. The van der Waals surface area contributed by atoms with Gasteiger partial charge in [-0.25, -0.2) is 0 Å². The van der Waals surface area contributed by atoms with Crippen LogP contribution in [0.4, 0.5) is 11.4 Å². The van der Waals surface area contributed by atoms with E-state index < -0.39 is 0 Å². The van der Waals surface area contributed by atoms with Crippen LogP contribution in [0.1, 0.15) is 18.6 Å². The smallest absolute Gasteiger partial charge is 0.123 e. The van der Waals surface area contributed by atoms with E-state index in [9.17, 15) is 0 Å². The molecule has 1 aromatic heterocycles. The average Bonchev–Trinajstić information content (AvgIpc) is 3.06. The van der Waals surface area contributed by atoms with E-state index >= 15 is 0 Å². The molecule has 1 fully saturated rings. The summed E-state index contributed by atoms with van der Waals surface area (Å²) >= 11 is 6.28. The predicted molar refractivity (Wildman–Crippen MR) is 73.8 cm³/mol. The van der Waals surface area contributed by atoms with Crippen molar-refractivity contribution in [1.82, 2.24) is 0 Å². The van der Waals surface area contributed by atoms with Gasteiger partial charge in [0.2, 0.25) is 0 Å². The van der Waals surface area contributed by atoms with E-state index in [1.165, 1.54) is 12.8 Å². The zero-order valence-electron chi connectivity index (χ0n) is 9.97. The van der Waals surface area contributed by atoms with Crippen molar-refractivity contribution in [2.45, 2.75) is 25.4 Å². The van der Waals surface area contributed by atoms with E-state index in [1.54, 1.807) is 6.26 Å². The number of nitrogen functional groups attached to an aromatic ring is 1. The Morgan fingerprint density at radius 3 is 2.72 bits per heavy atom. The van der Waals surface area contributed by atoms with E-state index in [2.05, 4.69) is 4.90 Å². The van der Waals surface area contributed by atoms with E-state index in [4.69, 9.17) is 21.8 Å². The summed E-state index contributed by atoms with van der Waals surface area (Å²) in [6, 6.07) is 10.0. The summed E-state index contributed by atoms with van der Waals surface area (Å²) in [6.45, 7) is 0.714. The maximum atomic E-state index is 6.28. The number of nitrogens with zero attached hydrogens (tertiary/aromatic N) is 1. The van der Waals surface area contributed by atoms with Crippen LogP contribution in [0, 0.1) is 0 Å². The summed E-state index contributed by atoms with van der Waals surface area (Å²) in [5.74, 6) is 0.932. The molecule has 0 aliphatic heterocycles. The highest BCUT2D eigenvalue weighted by molar-refractivity contribution is 6.34. The number of rotatable bonds is 4. The van der Waals surface area contributed by atoms with Crippen molar-refractivity contribution in [3.63, 3.8) is 0 Å². The van der Waals surface area contributed by atoms with Crippen molar-refractivity contribution in [2.24, 2.45) is 0 Å². The fraction of sp³-hybridized carbons (Fsp3) is 0.286. The normalized spacial score (nSPS) is 14.7. The molecule has 0 radical (unpaired) electrons. The number of benzene rings is 1. The molecule has 1 saturated carbocycles. The number of hydrogen-bond donors (Lipinski definition) is 1. The van der Waals surface area contributed by atoms with Gasteiger partial charge in [0.25, 0.3) is 0 Å². The maximum absolute atomic E-state index is 6.28. The molecule has 0 amide bonds. The van der Waals surface area contributed by atoms with Crippen LogP contribution in [0.3, 0.4) is 0 Å². The number of furan rings is 1. The SMILES string of the molecule is Nc1cccc(Cl)c1N(Cc1ccco1)C1CC1. The van der Waals surface area contributed by atoms with E-state index in [0.29, 0.717) is 17.6 Å². The zero-order chi connectivity index (χ0) is 12.5. The molecule has 2 aromatic rings. The van der Waals surface area contributed by atoms with Gasteiger partial charge in [-0.05, 0) is 37.1 Å². The predicted octanol–water partition coefficient (Wildman–Crippen LogP) is 3.68. The molecule has 18 heavy (non-hydrogen) atoms. The summed E-state index contributed by atoms with van der Waals surface area (Å²) in [4.78, 5) is 2.25. The Morgan fingerprint density at radius 1 is 1.28 bits per heavy atom. The van der Waals surface area contributed by atoms with Crippen LogP contribution >= 0.6 is 11.6 Å². The standard InChI is InChI=1S/C14H15ClN2O/c15-12-4-1-5-13(16)14(12)17(10-6-7-10)9-11-3-2-8-18-11/h1-5,8,10H,6-7,9,16H2. The lowest BCUT2D eigenvalue weighted by molar-refractivity contribution is 0.501. The Hall–Kier alpha value is -1.61. The molecule has 0 saturated heterocycles. The fourth-order valence-electron chi connectivity index (χ4n) is 2.18. The van der Waals surface area contributed by atoms with Gasteiger partial charge in [0.15, 0.2) is 0 Å². The minimum absolute atomic E-state index is 0.525. The first-order chi connectivity index (χ1) is 8.75. The molecule has 0 bridgehead atoms. The third-order valence-corrected chi connectivity index (χ3v) is 3.50. The summed E-state index contributed by atoms with van der Waals surface area (Å²) in [5.41, 5.74) is 7.71. The van der Waals surface area contributed by atoms with Crippen molar-refractivity contribution in [2.75, 3.05) is 10.6 Å². The zero-order valence-corrected chi connectivity index (χ0v) is 10.7. The van der Waals surface area contributed by atoms with Gasteiger partial charge in [0.1, 0.15) is 5.76 Å². The van der Waals surface area contributed by atoms with Gasteiger partial charge in [-0.15, -0.1) is 0 Å². The molecular formula is C14H15ClN2O. The third-order valence-electron chi connectivity index (χ3n) is 3.20. The largest absolute Gasteiger partial charge is 0.467 e. The molecule has 4 heteroatoms. The van der Waals surface area contributed by atoms with Crippen molar-refractivity contribution in [1.29, 1.82) is 0 Å². The number of halogens is 1. The number of nitrogens with two attached hydrogens (primary N) is 1. The number of anilines is 2. The first-order valence-electron chi connectivity index (χ1n) is 6.08. The fourth-order valence-corrected chi connectivity index (χ4v) is 2.47. The molecular weight excluding hydrogens is 248 g/mol. The first-order valence-corrected chi connectivity index (χ1v) is 6.46. The minimum Gasteiger partial charge on any atom is -0.467 e. The third kappa shape index (κ3) is 2.18.